The molecule has 0 radical (unpaired) electrons. The third-order valence-corrected chi connectivity index (χ3v) is 3.28. The summed E-state index contributed by atoms with van der Waals surface area (Å²) in [4.78, 5) is 16.1. The van der Waals surface area contributed by atoms with Gasteiger partial charge in [0.2, 0.25) is 0 Å². The Morgan fingerprint density at radius 1 is 1.32 bits per heavy atom. The van der Waals surface area contributed by atoms with Gasteiger partial charge in [0.1, 0.15) is 10.8 Å². The van der Waals surface area contributed by atoms with Crippen LogP contribution in [0, 0.1) is 0 Å². The highest BCUT2D eigenvalue weighted by Gasteiger charge is 2.10. The lowest BCUT2D eigenvalue weighted by Crippen LogP contribution is -2.25. The number of fused-ring (bicyclic) bond motifs is 1. The lowest BCUT2D eigenvalue weighted by molar-refractivity contribution is 0.0948. The number of unbranched alkanes of at least 4 members (excludes halogenated alkanes) is 2. The molecular weight excluding hydrogens is 260 g/mol. The number of carbonyl (C=O) groups is 1. The van der Waals surface area contributed by atoms with Crippen LogP contribution < -0.4 is 5.32 Å². The van der Waals surface area contributed by atoms with E-state index in [4.69, 9.17) is 11.6 Å². The summed E-state index contributed by atoms with van der Waals surface area (Å²) in [6, 6.07) is 9.42. The molecule has 2 rings (SSSR count). The molecule has 1 amide bonds. The van der Waals surface area contributed by atoms with E-state index in [1.165, 1.54) is 0 Å². The maximum atomic E-state index is 12.0. The van der Waals surface area contributed by atoms with Gasteiger partial charge in [-0.1, -0.05) is 55.6 Å². The van der Waals surface area contributed by atoms with Crippen LogP contribution in [-0.4, -0.2) is 17.4 Å². The number of halogens is 1. The van der Waals surface area contributed by atoms with E-state index < -0.39 is 0 Å². The minimum absolute atomic E-state index is 0.163. The number of hydrogen-bond donors (Lipinski definition) is 1. The van der Waals surface area contributed by atoms with E-state index in [0.717, 1.165) is 30.0 Å². The third kappa shape index (κ3) is 3.44. The predicted molar refractivity (Wildman–Crippen MR) is 78.6 cm³/mol. The van der Waals surface area contributed by atoms with Crippen LogP contribution in [0.3, 0.4) is 0 Å². The highest BCUT2D eigenvalue weighted by atomic mass is 35.5. The molecule has 4 heteroatoms. The van der Waals surface area contributed by atoms with E-state index in [1.807, 2.05) is 24.3 Å². The van der Waals surface area contributed by atoms with Crippen LogP contribution >= 0.6 is 11.6 Å². The van der Waals surface area contributed by atoms with Gasteiger partial charge >= 0.3 is 0 Å². The summed E-state index contributed by atoms with van der Waals surface area (Å²) in [6.45, 7) is 2.81. The molecule has 0 aliphatic carbocycles. The van der Waals surface area contributed by atoms with Crippen molar-refractivity contribution in [1.82, 2.24) is 10.3 Å². The van der Waals surface area contributed by atoms with Gasteiger partial charge in [0.05, 0.1) is 0 Å². The van der Waals surface area contributed by atoms with Crippen molar-refractivity contribution in [3.05, 3.63) is 41.2 Å². The van der Waals surface area contributed by atoms with Crippen molar-refractivity contribution in [3.63, 3.8) is 0 Å². The predicted octanol–water partition coefficient (Wildman–Crippen LogP) is 3.81. The first-order valence-electron chi connectivity index (χ1n) is 6.56. The Hall–Kier alpha value is -1.61. The van der Waals surface area contributed by atoms with Gasteiger partial charge in [0.15, 0.2) is 0 Å². The first-order chi connectivity index (χ1) is 9.22. The van der Waals surface area contributed by atoms with E-state index in [-0.39, 0.29) is 5.91 Å². The molecule has 0 saturated heterocycles. The topological polar surface area (TPSA) is 42.0 Å². The average Bonchev–Trinajstić information content (AvgIpc) is 2.43. The van der Waals surface area contributed by atoms with Crippen molar-refractivity contribution in [3.8, 4) is 0 Å². The lowest BCUT2D eigenvalue weighted by Gasteiger charge is -2.06. The lowest BCUT2D eigenvalue weighted by atomic mass is 10.1. The van der Waals surface area contributed by atoms with Crippen LogP contribution in [0.5, 0.6) is 0 Å². The van der Waals surface area contributed by atoms with E-state index >= 15 is 0 Å². The second-order valence-corrected chi connectivity index (χ2v) is 4.84. The smallest absolute Gasteiger partial charge is 0.269 e. The molecule has 0 bridgehead atoms. The molecule has 0 saturated carbocycles. The zero-order valence-electron chi connectivity index (χ0n) is 10.9. The first-order valence-corrected chi connectivity index (χ1v) is 6.93. The summed E-state index contributed by atoms with van der Waals surface area (Å²) in [5, 5.41) is 5.04. The second kappa shape index (κ2) is 6.53. The molecule has 2 aromatic rings. The summed E-state index contributed by atoms with van der Waals surface area (Å²) in [5.41, 5.74) is 0.375. The highest BCUT2D eigenvalue weighted by Crippen LogP contribution is 2.22. The Labute approximate surface area is 118 Å². The van der Waals surface area contributed by atoms with Crippen molar-refractivity contribution in [2.45, 2.75) is 26.2 Å². The van der Waals surface area contributed by atoms with Gasteiger partial charge < -0.3 is 5.32 Å². The number of rotatable bonds is 5. The summed E-state index contributed by atoms with van der Waals surface area (Å²) in [6.07, 6.45) is 3.24. The van der Waals surface area contributed by atoms with Crippen molar-refractivity contribution in [1.29, 1.82) is 0 Å². The zero-order valence-corrected chi connectivity index (χ0v) is 11.7. The molecule has 1 aromatic carbocycles. The Bertz CT molecular complexity index is 583. The zero-order chi connectivity index (χ0) is 13.7. The molecule has 1 aromatic heterocycles. The molecule has 3 nitrogen and oxygen atoms in total. The van der Waals surface area contributed by atoms with Crippen LogP contribution in [0.1, 0.15) is 36.7 Å². The maximum absolute atomic E-state index is 12.0. The monoisotopic (exact) mass is 276 g/mol. The fraction of sp³-hybridized carbons (Fsp3) is 0.333. The first kappa shape index (κ1) is 13.8. The molecular formula is C15H17ClN2O. The summed E-state index contributed by atoms with van der Waals surface area (Å²) in [7, 11) is 0. The molecule has 0 unspecified atom stereocenters. The number of aromatic nitrogens is 1. The Kier molecular flexibility index (Phi) is 4.74. The van der Waals surface area contributed by atoms with Crippen LogP contribution in [0.25, 0.3) is 10.8 Å². The summed E-state index contributed by atoms with van der Waals surface area (Å²) in [5.74, 6) is -0.163. The fourth-order valence-corrected chi connectivity index (χ4v) is 2.20. The number of hydrogen-bond acceptors (Lipinski definition) is 2. The molecule has 0 atom stereocenters. The average molecular weight is 277 g/mol. The number of nitrogens with zero attached hydrogens (tertiary/aromatic N) is 1. The van der Waals surface area contributed by atoms with Crippen molar-refractivity contribution < 1.29 is 4.79 Å². The second-order valence-electron chi connectivity index (χ2n) is 4.48. The van der Waals surface area contributed by atoms with Crippen molar-refractivity contribution in [2.24, 2.45) is 0 Å². The normalized spacial score (nSPS) is 10.6. The molecule has 19 heavy (non-hydrogen) atoms. The van der Waals surface area contributed by atoms with Gasteiger partial charge in [0, 0.05) is 11.9 Å². The molecule has 0 aliphatic heterocycles. The standard InChI is InChI=1S/C15H17ClN2O/c1-2-3-6-9-17-15(19)13-10-11-7-4-5-8-12(11)14(16)18-13/h4-5,7-8,10H,2-3,6,9H2,1H3,(H,17,19). The van der Waals surface area contributed by atoms with Crippen LogP contribution in [0.15, 0.2) is 30.3 Å². The van der Waals surface area contributed by atoms with Crippen LogP contribution in [0.4, 0.5) is 0 Å². The van der Waals surface area contributed by atoms with Gasteiger partial charge in [0.25, 0.3) is 5.91 Å². The molecule has 1 N–H and O–H groups in total. The quantitative estimate of drug-likeness (QED) is 0.666. The molecule has 1 heterocycles. The highest BCUT2D eigenvalue weighted by molar-refractivity contribution is 6.34. The van der Waals surface area contributed by atoms with Crippen LogP contribution in [-0.2, 0) is 0 Å². The fourth-order valence-electron chi connectivity index (χ4n) is 1.94. The van der Waals surface area contributed by atoms with Crippen LogP contribution in [0.2, 0.25) is 5.15 Å². The van der Waals surface area contributed by atoms with Gasteiger partial charge in [-0.2, -0.15) is 0 Å². The number of pyridine rings is 1. The van der Waals surface area contributed by atoms with Gasteiger partial charge in [-0.15, -0.1) is 0 Å². The minimum Gasteiger partial charge on any atom is -0.351 e. The SMILES string of the molecule is CCCCCNC(=O)c1cc2ccccc2c(Cl)n1. The van der Waals surface area contributed by atoms with Gasteiger partial charge in [-0.05, 0) is 17.9 Å². The van der Waals surface area contributed by atoms with E-state index in [2.05, 4.69) is 17.2 Å². The maximum Gasteiger partial charge on any atom is 0.269 e. The number of nitrogens with one attached hydrogen (secondary N) is 1. The number of carbonyl (C=O) groups excluding carboxylic acids is 1. The molecule has 0 fully saturated rings. The summed E-state index contributed by atoms with van der Waals surface area (Å²) < 4.78 is 0. The van der Waals surface area contributed by atoms with Crippen molar-refractivity contribution >= 4 is 28.3 Å². The summed E-state index contributed by atoms with van der Waals surface area (Å²) >= 11 is 6.10. The Balaban J connectivity index is 2.14. The van der Waals surface area contributed by atoms with Gasteiger partial charge in [-0.3, -0.25) is 4.79 Å². The van der Waals surface area contributed by atoms with E-state index in [9.17, 15) is 4.79 Å². The minimum atomic E-state index is -0.163. The molecule has 100 valence electrons. The van der Waals surface area contributed by atoms with E-state index in [1.54, 1.807) is 6.07 Å². The third-order valence-electron chi connectivity index (χ3n) is 2.99. The van der Waals surface area contributed by atoms with E-state index in [0.29, 0.717) is 17.4 Å². The van der Waals surface area contributed by atoms with Crippen molar-refractivity contribution in [2.75, 3.05) is 6.54 Å². The number of amides is 1. The Morgan fingerprint density at radius 3 is 2.89 bits per heavy atom. The Morgan fingerprint density at radius 2 is 2.11 bits per heavy atom. The van der Waals surface area contributed by atoms with Gasteiger partial charge in [-0.25, -0.2) is 4.98 Å². The largest absolute Gasteiger partial charge is 0.351 e. The molecule has 0 spiro atoms. The molecule has 0 aliphatic rings. The number of benzene rings is 1.